The molecule has 3 heterocycles. The van der Waals surface area contributed by atoms with Gasteiger partial charge < -0.3 is 19.3 Å². The van der Waals surface area contributed by atoms with Crippen molar-refractivity contribution >= 4 is 35.0 Å². The lowest BCUT2D eigenvalue weighted by Crippen LogP contribution is -2.28. The molecule has 0 saturated carbocycles. The number of halogens is 1. The van der Waals surface area contributed by atoms with Crippen molar-refractivity contribution in [2.75, 3.05) is 24.6 Å². The van der Waals surface area contributed by atoms with E-state index in [0.717, 1.165) is 23.9 Å². The smallest absolute Gasteiger partial charge is 0.341 e. The molecule has 4 rings (SSSR count). The molecule has 8 nitrogen and oxygen atoms in total. The minimum atomic E-state index is -1.33. The highest BCUT2D eigenvalue weighted by Crippen LogP contribution is 2.41. The molecule has 1 unspecified atom stereocenters. The Morgan fingerprint density at radius 3 is 2.87 bits per heavy atom. The molecule has 1 fully saturated rings. The average Bonchev–Trinajstić information content (AvgIpc) is 3.17. The van der Waals surface area contributed by atoms with Crippen molar-refractivity contribution in [3.05, 3.63) is 45.6 Å². The number of pyridine rings is 1. The van der Waals surface area contributed by atoms with E-state index >= 15 is 4.39 Å². The topological polar surface area (TPSA) is 96.5 Å². The maximum Gasteiger partial charge on any atom is 0.341 e. The average molecular weight is 426 g/mol. The highest BCUT2D eigenvalue weighted by molar-refractivity contribution is 5.97. The van der Waals surface area contributed by atoms with Crippen LogP contribution in [0.5, 0.6) is 5.75 Å². The number of aromatic carboxylic acids is 1. The van der Waals surface area contributed by atoms with Crippen LogP contribution < -0.4 is 15.1 Å². The number of carboxylic acids is 1. The van der Waals surface area contributed by atoms with Gasteiger partial charge in [0, 0.05) is 30.7 Å². The van der Waals surface area contributed by atoms with Gasteiger partial charge in [-0.05, 0) is 39.1 Å². The van der Waals surface area contributed by atoms with Gasteiger partial charge in [-0.15, -0.1) is 0 Å². The number of hydrogen-bond donors (Lipinski definition) is 1. The summed E-state index contributed by atoms with van der Waals surface area (Å²) in [6.07, 6.45) is 3.90. The summed E-state index contributed by atoms with van der Waals surface area (Å²) in [6, 6.07) is 1.11. The molecule has 2 aliphatic rings. The van der Waals surface area contributed by atoms with Gasteiger partial charge in [-0.25, -0.2) is 9.18 Å². The summed E-state index contributed by atoms with van der Waals surface area (Å²) in [5, 5.41) is 9.34. The molecular weight excluding hydrogens is 403 g/mol. The molecule has 0 amide bonds. The maximum absolute atomic E-state index is 15.2. The van der Waals surface area contributed by atoms with E-state index in [1.54, 1.807) is 4.57 Å². The second-order valence-corrected chi connectivity index (χ2v) is 7.75. The van der Waals surface area contributed by atoms with Crippen LogP contribution in [0.3, 0.4) is 0 Å². The van der Waals surface area contributed by atoms with Crippen LogP contribution in [-0.4, -0.2) is 53.8 Å². The number of hydrogen-bond acceptors (Lipinski definition) is 6. The summed E-state index contributed by atoms with van der Waals surface area (Å²) in [5.41, 5.74) is 1.22. The quantitative estimate of drug-likeness (QED) is 0.742. The lowest BCUT2D eigenvalue weighted by Gasteiger charge is -2.28. The van der Waals surface area contributed by atoms with E-state index in [2.05, 4.69) is 11.7 Å². The lowest BCUT2D eigenvalue weighted by molar-refractivity contribution is 0.0694. The molecule has 0 aliphatic carbocycles. The van der Waals surface area contributed by atoms with E-state index < -0.39 is 17.2 Å². The third-order valence-electron chi connectivity index (χ3n) is 5.59. The molecule has 162 valence electrons. The molecule has 9 heteroatoms. The summed E-state index contributed by atoms with van der Waals surface area (Å²) in [4.78, 5) is 34.5. The van der Waals surface area contributed by atoms with Crippen molar-refractivity contribution in [1.82, 2.24) is 4.57 Å². The van der Waals surface area contributed by atoms with Crippen molar-refractivity contribution in [2.45, 2.75) is 32.9 Å². The molecule has 1 N–H and O–H groups in total. The first-order valence-electron chi connectivity index (χ1n) is 10.00. The summed E-state index contributed by atoms with van der Waals surface area (Å²) < 4.78 is 22.7. The van der Waals surface area contributed by atoms with Crippen molar-refractivity contribution in [1.29, 1.82) is 0 Å². The molecule has 2 aliphatic heterocycles. The van der Waals surface area contributed by atoms with Gasteiger partial charge in [-0.3, -0.25) is 14.8 Å². The minimum absolute atomic E-state index is 0.0120. The SMILES string of the molecule is C=N/C(C)=C\C(C)=NC1CCN(c2c(F)cc3c(=O)c(C(=O)O)cn4c3c2OCC4)C1. The number of aromatic nitrogens is 1. The predicted molar refractivity (Wildman–Crippen MR) is 118 cm³/mol. The van der Waals surface area contributed by atoms with Gasteiger partial charge in [-0.2, -0.15) is 0 Å². The van der Waals surface area contributed by atoms with Gasteiger partial charge in [0.15, 0.2) is 11.6 Å². The number of nitrogens with zero attached hydrogens (tertiary/aromatic N) is 4. The van der Waals surface area contributed by atoms with Crippen LogP contribution in [-0.2, 0) is 6.54 Å². The molecular formula is C22H23FN4O4. The first-order valence-corrected chi connectivity index (χ1v) is 10.00. The Morgan fingerprint density at radius 1 is 1.39 bits per heavy atom. The standard InChI is InChI=1S/C22H23FN4O4/c1-12(24-3)8-13(2)25-14-4-5-26(10-14)19-17(23)9-15-18-21(19)31-7-6-27(18)11-16(20(15)28)22(29)30/h8-9,11,14H,3-7,10H2,1-2H3,(H,29,30)/b12-8-,25-13?. The Bertz CT molecular complexity index is 1210. The van der Waals surface area contributed by atoms with Gasteiger partial charge in [0.05, 0.1) is 23.5 Å². The van der Waals surface area contributed by atoms with Gasteiger partial charge >= 0.3 is 5.97 Å². The van der Waals surface area contributed by atoms with E-state index in [9.17, 15) is 14.7 Å². The van der Waals surface area contributed by atoms with Crippen LogP contribution in [0.1, 0.15) is 30.6 Å². The first kappa shape index (κ1) is 20.8. The molecule has 1 aromatic heterocycles. The van der Waals surface area contributed by atoms with E-state index in [1.807, 2.05) is 24.8 Å². The zero-order chi connectivity index (χ0) is 22.3. The fraction of sp³-hybridized carbons (Fsp3) is 0.364. The third kappa shape index (κ3) is 3.71. The molecule has 0 radical (unpaired) electrons. The normalized spacial score (nSPS) is 18.9. The Morgan fingerprint density at radius 2 is 2.16 bits per heavy atom. The third-order valence-corrected chi connectivity index (χ3v) is 5.59. The Hall–Kier alpha value is -3.49. The number of anilines is 1. The number of carboxylic acid groups (broad SMARTS) is 1. The molecule has 31 heavy (non-hydrogen) atoms. The minimum Gasteiger partial charge on any atom is -0.487 e. The number of benzene rings is 1. The van der Waals surface area contributed by atoms with Crippen molar-refractivity contribution < 1.29 is 19.0 Å². The number of rotatable bonds is 5. The highest BCUT2D eigenvalue weighted by Gasteiger charge is 2.31. The maximum atomic E-state index is 15.2. The van der Waals surface area contributed by atoms with Crippen molar-refractivity contribution in [3.8, 4) is 5.75 Å². The summed E-state index contributed by atoms with van der Waals surface area (Å²) >= 11 is 0. The molecule has 0 spiro atoms. The van der Waals surface area contributed by atoms with Crippen LogP contribution in [0.15, 0.2) is 38.8 Å². The molecule has 1 atom stereocenters. The van der Waals surface area contributed by atoms with E-state index in [-0.39, 0.29) is 29.3 Å². The summed E-state index contributed by atoms with van der Waals surface area (Å²) in [6.45, 7) is 8.94. The Balaban J connectivity index is 1.76. The van der Waals surface area contributed by atoms with E-state index in [1.165, 1.54) is 6.20 Å². The highest BCUT2D eigenvalue weighted by atomic mass is 19.1. The van der Waals surface area contributed by atoms with Gasteiger partial charge in [0.1, 0.15) is 17.9 Å². The number of aliphatic imine (C=N–C) groups is 2. The van der Waals surface area contributed by atoms with Crippen LogP contribution in [0, 0.1) is 5.82 Å². The van der Waals surface area contributed by atoms with Gasteiger partial charge in [0.25, 0.3) is 0 Å². The molecule has 2 aromatic rings. The molecule has 1 aromatic carbocycles. The second-order valence-electron chi connectivity index (χ2n) is 7.75. The Labute approximate surface area is 178 Å². The zero-order valence-electron chi connectivity index (χ0n) is 17.4. The van der Waals surface area contributed by atoms with Gasteiger partial charge in [-0.1, -0.05) is 0 Å². The number of allylic oxidation sites excluding steroid dienone is 2. The van der Waals surface area contributed by atoms with E-state index in [4.69, 9.17) is 9.73 Å². The Kier molecular flexibility index (Phi) is 5.34. The predicted octanol–water partition coefficient (Wildman–Crippen LogP) is 2.88. The molecule has 0 bridgehead atoms. The van der Waals surface area contributed by atoms with Gasteiger partial charge in [0.2, 0.25) is 5.43 Å². The van der Waals surface area contributed by atoms with Crippen LogP contribution in [0.4, 0.5) is 10.1 Å². The summed E-state index contributed by atoms with van der Waals surface area (Å²) in [5.74, 6) is -1.66. The van der Waals surface area contributed by atoms with Crippen molar-refractivity contribution in [2.24, 2.45) is 9.98 Å². The number of ether oxygens (including phenoxy) is 1. The number of carbonyl (C=O) groups is 1. The zero-order valence-corrected chi connectivity index (χ0v) is 17.4. The first-order chi connectivity index (χ1) is 14.8. The largest absolute Gasteiger partial charge is 0.487 e. The lowest BCUT2D eigenvalue weighted by atomic mass is 10.1. The van der Waals surface area contributed by atoms with Crippen LogP contribution in [0.2, 0.25) is 0 Å². The molecule has 1 saturated heterocycles. The fourth-order valence-electron chi connectivity index (χ4n) is 4.22. The van der Waals surface area contributed by atoms with E-state index in [0.29, 0.717) is 30.8 Å². The summed E-state index contributed by atoms with van der Waals surface area (Å²) in [7, 11) is 0. The monoisotopic (exact) mass is 426 g/mol. The fourth-order valence-corrected chi connectivity index (χ4v) is 4.22. The van der Waals surface area contributed by atoms with Crippen LogP contribution in [0.25, 0.3) is 10.9 Å². The van der Waals surface area contributed by atoms with Crippen LogP contribution >= 0.6 is 0 Å². The van der Waals surface area contributed by atoms with Crippen molar-refractivity contribution in [3.63, 3.8) is 0 Å². The second kappa shape index (κ2) is 7.98.